The third-order valence-corrected chi connectivity index (χ3v) is 3.14. The molecule has 1 heteroatoms. The number of hydrogen-bond acceptors (Lipinski definition) is 1. The summed E-state index contributed by atoms with van der Waals surface area (Å²) >= 11 is 1.80. The second-order valence-electron chi connectivity index (χ2n) is 3.65. The van der Waals surface area contributed by atoms with Crippen molar-refractivity contribution in [1.82, 2.24) is 0 Å². The lowest BCUT2D eigenvalue weighted by atomic mass is 10.2. The van der Waals surface area contributed by atoms with Gasteiger partial charge in [-0.3, -0.25) is 0 Å². The number of thioether (sulfide) groups is 1. The van der Waals surface area contributed by atoms with Crippen molar-refractivity contribution in [1.29, 1.82) is 0 Å². The van der Waals surface area contributed by atoms with E-state index >= 15 is 0 Å². The van der Waals surface area contributed by atoms with Gasteiger partial charge in [-0.25, -0.2) is 0 Å². The maximum Gasteiger partial charge on any atom is 0.0116 e. The molecule has 0 aliphatic rings. The van der Waals surface area contributed by atoms with E-state index in [-0.39, 0.29) is 0 Å². The maximum absolute atomic E-state index is 2.29. The van der Waals surface area contributed by atoms with E-state index in [1.54, 1.807) is 11.8 Å². The molecule has 0 heterocycles. The Bertz CT molecular complexity index is 264. The maximum atomic E-state index is 2.29. The van der Waals surface area contributed by atoms with Gasteiger partial charge in [-0.2, -0.15) is 0 Å². The summed E-state index contributed by atoms with van der Waals surface area (Å²) in [7, 11) is 0. The fourth-order valence-electron chi connectivity index (χ4n) is 1.38. The molecule has 0 spiro atoms. The molecule has 0 amide bonds. The molecule has 0 atom stereocenters. The Balaban J connectivity index is 2.07. The highest BCUT2D eigenvalue weighted by molar-refractivity contribution is 8.02. The summed E-state index contributed by atoms with van der Waals surface area (Å²) in [4.78, 5) is 1.32. The molecule has 0 aliphatic carbocycles. The first kappa shape index (κ1) is 12.4. The van der Waals surface area contributed by atoms with Crippen LogP contribution in [0.25, 0.3) is 0 Å². The van der Waals surface area contributed by atoms with E-state index in [0.717, 1.165) is 0 Å². The standard InChI is InChI=1S/C14H20S/c1-2-3-4-5-6-10-13-15-14-11-8-7-9-12-14/h7-13H,2-6H2,1H3/b13-10-. The van der Waals surface area contributed by atoms with E-state index in [9.17, 15) is 0 Å². The summed E-state index contributed by atoms with van der Waals surface area (Å²) in [6, 6.07) is 10.5. The van der Waals surface area contributed by atoms with Crippen LogP contribution in [0.15, 0.2) is 46.7 Å². The van der Waals surface area contributed by atoms with Gasteiger partial charge in [0, 0.05) is 4.90 Å². The summed E-state index contributed by atoms with van der Waals surface area (Å²) in [6.07, 6.45) is 8.91. The van der Waals surface area contributed by atoms with Gasteiger partial charge in [-0.1, -0.05) is 62.2 Å². The Labute approximate surface area is 97.8 Å². The van der Waals surface area contributed by atoms with Gasteiger partial charge in [0.25, 0.3) is 0 Å². The van der Waals surface area contributed by atoms with E-state index in [0.29, 0.717) is 0 Å². The van der Waals surface area contributed by atoms with Gasteiger partial charge < -0.3 is 0 Å². The minimum atomic E-state index is 1.22. The molecule has 15 heavy (non-hydrogen) atoms. The number of benzene rings is 1. The molecule has 1 aromatic carbocycles. The minimum Gasteiger partial charge on any atom is -0.0984 e. The molecule has 0 bridgehead atoms. The quantitative estimate of drug-likeness (QED) is 0.446. The van der Waals surface area contributed by atoms with Gasteiger partial charge in [0.05, 0.1) is 0 Å². The Hall–Kier alpha value is -0.690. The zero-order chi connectivity index (χ0) is 10.8. The largest absolute Gasteiger partial charge is 0.0984 e. The molecule has 0 nitrogen and oxygen atoms in total. The van der Waals surface area contributed by atoms with Gasteiger partial charge in [-0.05, 0) is 30.4 Å². The number of allylic oxidation sites excluding steroid dienone is 1. The molecule has 1 rings (SSSR count). The Morgan fingerprint density at radius 1 is 1.07 bits per heavy atom. The third-order valence-electron chi connectivity index (χ3n) is 2.27. The highest BCUT2D eigenvalue weighted by Crippen LogP contribution is 2.18. The molecule has 0 unspecified atom stereocenters. The summed E-state index contributed by atoms with van der Waals surface area (Å²) in [5.74, 6) is 0. The average molecular weight is 220 g/mol. The van der Waals surface area contributed by atoms with Crippen LogP contribution in [0.5, 0.6) is 0 Å². The fraction of sp³-hybridized carbons (Fsp3) is 0.429. The first-order chi connectivity index (χ1) is 7.43. The van der Waals surface area contributed by atoms with Crippen molar-refractivity contribution in [3.63, 3.8) is 0 Å². The third kappa shape index (κ3) is 6.40. The molecule has 82 valence electrons. The van der Waals surface area contributed by atoms with Crippen LogP contribution in [0, 0.1) is 0 Å². The summed E-state index contributed by atoms with van der Waals surface area (Å²) < 4.78 is 0. The Morgan fingerprint density at radius 3 is 2.60 bits per heavy atom. The lowest BCUT2D eigenvalue weighted by molar-refractivity contribution is 0.675. The van der Waals surface area contributed by atoms with Crippen molar-refractivity contribution in [2.75, 3.05) is 0 Å². The Kier molecular flexibility index (Phi) is 7.10. The molecule has 0 fully saturated rings. The average Bonchev–Trinajstić information content (AvgIpc) is 2.29. The van der Waals surface area contributed by atoms with Crippen LogP contribution in [-0.4, -0.2) is 0 Å². The minimum absolute atomic E-state index is 1.22. The van der Waals surface area contributed by atoms with E-state index in [2.05, 4.69) is 48.7 Å². The summed E-state index contributed by atoms with van der Waals surface area (Å²) in [5, 5.41) is 2.21. The van der Waals surface area contributed by atoms with E-state index in [1.807, 2.05) is 0 Å². The first-order valence-electron chi connectivity index (χ1n) is 5.80. The van der Waals surface area contributed by atoms with Crippen molar-refractivity contribution in [2.45, 2.75) is 43.9 Å². The van der Waals surface area contributed by atoms with Crippen LogP contribution < -0.4 is 0 Å². The van der Waals surface area contributed by atoms with Crippen molar-refractivity contribution in [3.05, 3.63) is 41.8 Å². The predicted molar refractivity (Wildman–Crippen MR) is 70.2 cm³/mol. The molecule has 0 saturated heterocycles. The molecule has 0 N–H and O–H groups in total. The molecule has 1 aromatic rings. The van der Waals surface area contributed by atoms with Crippen LogP contribution in [0.3, 0.4) is 0 Å². The second-order valence-corrected chi connectivity index (χ2v) is 4.63. The first-order valence-corrected chi connectivity index (χ1v) is 6.68. The summed E-state index contributed by atoms with van der Waals surface area (Å²) in [5.41, 5.74) is 0. The second kappa shape index (κ2) is 8.60. The van der Waals surface area contributed by atoms with Gasteiger partial charge in [-0.15, -0.1) is 0 Å². The van der Waals surface area contributed by atoms with Gasteiger partial charge >= 0.3 is 0 Å². The van der Waals surface area contributed by atoms with E-state index in [1.165, 1.54) is 37.0 Å². The van der Waals surface area contributed by atoms with Crippen LogP contribution >= 0.6 is 11.8 Å². The lowest BCUT2D eigenvalue weighted by Gasteiger charge is -1.95. The van der Waals surface area contributed by atoms with E-state index in [4.69, 9.17) is 0 Å². The predicted octanol–water partition coefficient (Wildman–Crippen LogP) is 5.26. The molecule has 0 aromatic heterocycles. The molecular formula is C14H20S. The fourth-order valence-corrected chi connectivity index (χ4v) is 2.09. The van der Waals surface area contributed by atoms with Crippen LogP contribution in [0.1, 0.15) is 39.0 Å². The smallest absolute Gasteiger partial charge is 0.0116 e. The van der Waals surface area contributed by atoms with Crippen molar-refractivity contribution < 1.29 is 0 Å². The number of unbranched alkanes of at least 4 members (excludes halogenated alkanes) is 4. The number of hydrogen-bond donors (Lipinski definition) is 0. The van der Waals surface area contributed by atoms with Gasteiger partial charge in [0.2, 0.25) is 0 Å². The molecule has 0 saturated carbocycles. The topological polar surface area (TPSA) is 0 Å². The van der Waals surface area contributed by atoms with Crippen LogP contribution in [-0.2, 0) is 0 Å². The Morgan fingerprint density at radius 2 is 1.87 bits per heavy atom. The highest BCUT2D eigenvalue weighted by atomic mass is 32.2. The zero-order valence-electron chi connectivity index (χ0n) is 9.49. The molecule has 0 aliphatic heterocycles. The lowest BCUT2D eigenvalue weighted by Crippen LogP contribution is -1.73. The van der Waals surface area contributed by atoms with Crippen molar-refractivity contribution >= 4 is 11.8 Å². The zero-order valence-corrected chi connectivity index (χ0v) is 10.3. The molecular weight excluding hydrogens is 200 g/mol. The van der Waals surface area contributed by atoms with Crippen LogP contribution in [0.4, 0.5) is 0 Å². The van der Waals surface area contributed by atoms with Crippen molar-refractivity contribution in [2.24, 2.45) is 0 Å². The summed E-state index contributed by atoms with van der Waals surface area (Å²) in [6.45, 7) is 2.25. The highest BCUT2D eigenvalue weighted by Gasteiger charge is 1.87. The van der Waals surface area contributed by atoms with E-state index < -0.39 is 0 Å². The van der Waals surface area contributed by atoms with Gasteiger partial charge in [0.15, 0.2) is 0 Å². The normalized spacial score (nSPS) is 11.0. The van der Waals surface area contributed by atoms with Crippen LogP contribution in [0.2, 0.25) is 0 Å². The SMILES string of the molecule is CCCCCC/C=C\Sc1ccccc1. The number of rotatable bonds is 7. The molecule has 0 radical (unpaired) electrons. The monoisotopic (exact) mass is 220 g/mol. The van der Waals surface area contributed by atoms with Crippen molar-refractivity contribution in [3.8, 4) is 0 Å². The van der Waals surface area contributed by atoms with Gasteiger partial charge in [0.1, 0.15) is 0 Å².